The first-order valence-electron chi connectivity index (χ1n) is 11.8. The third-order valence-electron chi connectivity index (χ3n) is 5.93. The van der Waals surface area contributed by atoms with Crippen LogP contribution in [0.3, 0.4) is 0 Å². The van der Waals surface area contributed by atoms with Crippen LogP contribution >= 0.6 is 17.0 Å². The molecule has 3 rings (SSSR count). The van der Waals surface area contributed by atoms with Crippen molar-refractivity contribution in [3.05, 3.63) is 58.1 Å². The molecule has 0 fully saturated rings. The van der Waals surface area contributed by atoms with Crippen LogP contribution in [0, 0.1) is 5.41 Å². The van der Waals surface area contributed by atoms with E-state index in [4.69, 9.17) is 20.0 Å². The zero-order chi connectivity index (χ0) is 26.6. The number of fused-ring (bicyclic) bond motifs is 1. The zero-order valence-corrected chi connectivity index (χ0v) is 23.5. The summed E-state index contributed by atoms with van der Waals surface area (Å²) < 4.78 is 11.3. The maximum absolute atomic E-state index is 13.2. The summed E-state index contributed by atoms with van der Waals surface area (Å²) in [6.45, 7) is 8.60. The quantitative estimate of drug-likeness (QED) is 0.362. The highest BCUT2D eigenvalue weighted by atomic mass is 79.9. The Bertz CT molecular complexity index is 1210. The molecule has 10 heteroatoms. The van der Waals surface area contributed by atoms with E-state index in [0.29, 0.717) is 41.3 Å². The zero-order valence-electron chi connectivity index (χ0n) is 21.8. The summed E-state index contributed by atoms with van der Waals surface area (Å²) in [7, 11) is 1.54. The van der Waals surface area contributed by atoms with E-state index in [2.05, 4.69) is 5.32 Å². The fraction of sp³-hybridized carbons (Fsp3) is 0.407. The number of amidine groups is 1. The van der Waals surface area contributed by atoms with Gasteiger partial charge in [-0.1, -0.05) is 20.8 Å². The Hall–Kier alpha value is -3.40. The second-order valence-electron chi connectivity index (χ2n) is 9.60. The molecule has 0 saturated heterocycles. The van der Waals surface area contributed by atoms with Crippen molar-refractivity contribution in [2.45, 2.75) is 46.1 Å². The maximum Gasteiger partial charge on any atom is 0.306 e. The van der Waals surface area contributed by atoms with Crippen molar-refractivity contribution in [1.29, 1.82) is 5.41 Å². The number of nitrogens with zero attached hydrogens (tertiary/aromatic N) is 1. The Balaban J connectivity index is 0.00000481. The molecule has 0 spiro atoms. The predicted molar refractivity (Wildman–Crippen MR) is 146 cm³/mol. The molecule has 0 unspecified atom stereocenters. The van der Waals surface area contributed by atoms with Crippen molar-refractivity contribution >= 4 is 40.5 Å². The number of hydrogen-bond acceptors (Lipinski definition) is 6. The molecule has 0 saturated carbocycles. The summed E-state index contributed by atoms with van der Waals surface area (Å²) in [5, 5.41) is 20.1. The molecule has 1 aliphatic heterocycles. The summed E-state index contributed by atoms with van der Waals surface area (Å²) in [6, 6.07) is 8.56. The fourth-order valence-corrected chi connectivity index (χ4v) is 4.08. The highest BCUT2D eigenvalue weighted by molar-refractivity contribution is 8.93. The van der Waals surface area contributed by atoms with E-state index in [1.807, 2.05) is 27.7 Å². The number of ether oxygens (including phenoxy) is 2. The predicted octanol–water partition coefficient (Wildman–Crippen LogP) is 4.20. The lowest BCUT2D eigenvalue weighted by Gasteiger charge is -2.24. The van der Waals surface area contributed by atoms with Gasteiger partial charge in [-0.25, -0.2) is 0 Å². The minimum absolute atomic E-state index is 0. The van der Waals surface area contributed by atoms with Crippen molar-refractivity contribution in [1.82, 2.24) is 10.2 Å². The Morgan fingerprint density at radius 2 is 1.81 bits per heavy atom. The summed E-state index contributed by atoms with van der Waals surface area (Å²) in [5.41, 5.74) is 2.72. The highest BCUT2D eigenvalue weighted by Gasteiger charge is 2.30. The number of halogens is 1. The van der Waals surface area contributed by atoms with Gasteiger partial charge in [0.25, 0.3) is 5.91 Å². The number of hydrogen-bond donors (Lipinski definition) is 3. The number of nitrogens with one attached hydrogen (secondary N) is 2. The Morgan fingerprint density at radius 1 is 1.11 bits per heavy atom. The normalized spacial score (nSPS) is 12.5. The lowest BCUT2D eigenvalue weighted by atomic mass is 9.85. The van der Waals surface area contributed by atoms with Crippen molar-refractivity contribution in [2.75, 3.05) is 26.8 Å². The molecule has 2 aromatic carbocycles. The van der Waals surface area contributed by atoms with Gasteiger partial charge in [0, 0.05) is 30.3 Å². The van der Waals surface area contributed by atoms with Gasteiger partial charge in [0.15, 0.2) is 5.78 Å². The van der Waals surface area contributed by atoms with E-state index in [1.54, 1.807) is 35.2 Å². The minimum Gasteiger partial charge on any atom is -0.493 e. The Kier molecular flexibility index (Phi) is 9.86. The first-order chi connectivity index (χ1) is 17.0. The van der Waals surface area contributed by atoms with Crippen LogP contribution in [0.1, 0.15) is 71.5 Å². The molecule has 1 aliphatic rings. The van der Waals surface area contributed by atoms with Gasteiger partial charge in [-0.3, -0.25) is 19.8 Å². The van der Waals surface area contributed by atoms with Gasteiger partial charge in [0.2, 0.25) is 0 Å². The number of rotatable bonds is 10. The summed E-state index contributed by atoms with van der Waals surface area (Å²) in [4.78, 5) is 38.1. The van der Waals surface area contributed by atoms with Gasteiger partial charge in [0.05, 0.1) is 31.7 Å². The summed E-state index contributed by atoms with van der Waals surface area (Å²) in [5.74, 6) is -0.229. The number of carboxylic acid groups (broad SMARTS) is 1. The minimum atomic E-state index is -0.941. The van der Waals surface area contributed by atoms with Crippen LogP contribution in [0.15, 0.2) is 30.3 Å². The van der Waals surface area contributed by atoms with Gasteiger partial charge in [-0.05, 0) is 48.2 Å². The standard InChI is InChI=1S/C27H33N3O6.BrH/c1-6-35-23-12-17-14-30(25(28)18(17)13-19(23)26(34)29-5)15-21(31)16-7-8-22(36-10-9-24(32)33)20(11-16)27(2,3)4;/h7-8,11-13,28H,6,9-10,14-15H2,1-5H3,(H,29,34)(H,32,33);1H. The number of Topliss-reactive ketones (excluding diaryl/α,β-unsaturated/α-hetero) is 1. The molecule has 0 bridgehead atoms. The second-order valence-corrected chi connectivity index (χ2v) is 9.60. The van der Waals surface area contributed by atoms with Crippen molar-refractivity contribution in [3.63, 3.8) is 0 Å². The summed E-state index contributed by atoms with van der Waals surface area (Å²) in [6.07, 6.45) is -0.117. The SMILES string of the molecule is Br.CCOc1cc2c(cc1C(=O)NC)C(=N)N(CC(=O)c1ccc(OCCC(=O)O)c(C(C)(C)C)c1)C2. The van der Waals surface area contributed by atoms with Crippen LogP contribution in [-0.4, -0.2) is 60.3 Å². The largest absolute Gasteiger partial charge is 0.493 e. The molecular weight excluding hydrogens is 542 g/mol. The molecule has 0 aliphatic carbocycles. The smallest absolute Gasteiger partial charge is 0.306 e. The molecule has 1 heterocycles. The van der Waals surface area contributed by atoms with E-state index < -0.39 is 5.97 Å². The van der Waals surface area contributed by atoms with Crippen LogP contribution in [0.4, 0.5) is 0 Å². The number of carboxylic acids is 1. The Labute approximate surface area is 227 Å². The molecule has 0 atom stereocenters. The van der Waals surface area contributed by atoms with Crippen LogP contribution in [-0.2, 0) is 16.8 Å². The third kappa shape index (κ3) is 6.88. The molecule has 37 heavy (non-hydrogen) atoms. The summed E-state index contributed by atoms with van der Waals surface area (Å²) >= 11 is 0. The molecule has 0 aromatic heterocycles. The molecule has 9 nitrogen and oxygen atoms in total. The van der Waals surface area contributed by atoms with Gasteiger partial charge >= 0.3 is 5.97 Å². The third-order valence-corrected chi connectivity index (χ3v) is 5.93. The number of amides is 1. The number of ketones is 1. The van der Waals surface area contributed by atoms with Gasteiger partial charge in [-0.2, -0.15) is 0 Å². The highest BCUT2D eigenvalue weighted by Crippen LogP contribution is 2.34. The van der Waals surface area contributed by atoms with Crippen LogP contribution < -0.4 is 14.8 Å². The van der Waals surface area contributed by atoms with E-state index in [0.717, 1.165) is 11.1 Å². The van der Waals surface area contributed by atoms with E-state index in [-0.39, 0.29) is 59.5 Å². The van der Waals surface area contributed by atoms with Gasteiger partial charge in [-0.15, -0.1) is 17.0 Å². The molecule has 1 amide bonds. The fourth-order valence-electron chi connectivity index (χ4n) is 4.08. The van der Waals surface area contributed by atoms with E-state index in [9.17, 15) is 14.4 Å². The number of benzene rings is 2. The molecule has 200 valence electrons. The first kappa shape index (κ1) is 29.8. The number of carbonyl (C=O) groups is 3. The number of carbonyl (C=O) groups excluding carboxylic acids is 2. The van der Waals surface area contributed by atoms with E-state index >= 15 is 0 Å². The van der Waals surface area contributed by atoms with E-state index in [1.165, 1.54) is 7.05 Å². The lowest BCUT2D eigenvalue weighted by Crippen LogP contribution is -2.30. The van der Waals surface area contributed by atoms with Gasteiger partial charge in [0.1, 0.15) is 17.3 Å². The molecule has 3 N–H and O–H groups in total. The lowest BCUT2D eigenvalue weighted by molar-refractivity contribution is -0.137. The average Bonchev–Trinajstić information content (AvgIpc) is 3.11. The Morgan fingerprint density at radius 3 is 2.41 bits per heavy atom. The molecular formula is C27H34BrN3O6. The van der Waals surface area contributed by atoms with Crippen molar-refractivity contribution in [2.24, 2.45) is 0 Å². The van der Waals surface area contributed by atoms with Crippen molar-refractivity contribution < 1.29 is 29.0 Å². The van der Waals surface area contributed by atoms with Gasteiger partial charge < -0.3 is 24.8 Å². The first-order valence-corrected chi connectivity index (χ1v) is 11.8. The van der Waals surface area contributed by atoms with Crippen molar-refractivity contribution in [3.8, 4) is 11.5 Å². The number of aliphatic carboxylic acids is 1. The maximum atomic E-state index is 13.2. The monoisotopic (exact) mass is 575 g/mol. The topological polar surface area (TPSA) is 129 Å². The second kappa shape index (κ2) is 12.2. The van der Waals surface area contributed by atoms with Crippen LogP contribution in [0.25, 0.3) is 0 Å². The van der Waals surface area contributed by atoms with Crippen LogP contribution in [0.5, 0.6) is 11.5 Å². The molecule has 0 radical (unpaired) electrons. The molecule has 2 aromatic rings. The average molecular weight is 576 g/mol. The van der Waals surface area contributed by atoms with Crippen LogP contribution in [0.2, 0.25) is 0 Å².